The largest absolute Gasteiger partial charge is 0.451 e. The van der Waals surface area contributed by atoms with E-state index in [-0.39, 0.29) is 5.91 Å². The van der Waals surface area contributed by atoms with Crippen molar-refractivity contribution in [1.29, 1.82) is 0 Å². The molecule has 28 heavy (non-hydrogen) atoms. The molecule has 0 atom stereocenters. The third kappa shape index (κ3) is 4.14. The SMILES string of the molecule is O=C(NCCSCc1ccc(Cl)c(Cl)c1)c1cc2c(ccc3ccccc32)o1. The Kier molecular flexibility index (Phi) is 5.81. The van der Waals surface area contributed by atoms with E-state index in [0.29, 0.717) is 22.4 Å². The van der Waals surface area contributed by atoms with Gasteiger partial charge < -0.3 is 9.73 Å². The first-order valence-electron chi connectivity index (χ1n) is 8.83. The van der Waals surface area contributed by atoms with E-state index < -0.39 is 0 Å². The van der Waals surface area contributed by atoms with Crippen LogP contribution in [0.15, 0.2) is 65.1 Å². The van der Waals surface area contributed by atoms with Crippen molar-refractivity contribution in [3.05, 3.63) is 82.0 Å². The number of benzene rings is 3. The molecular formula is C22H17Cl2NO2S. The Hall–Kier alpha value is -2.14. The highest BCUT2D eigenvalue weighted by molar-refractivity contribution is 7.98. The molecule has 0 aliphatic rings. The Morgan fingerprint density at radius 1 is 0.964 bits per heavy atom. The van der Waals surface area contributed by atoms with Crippen molar-refractivity contribution in [2.75, 3.05) is 12.3 Å². The number of hydrogen-bond donors (Lipinski definition) is 1. The molecule has 6 heteroatoms. The number of amides is 1. The van der Waals surface area contributed by atoms with Crippen LogP contribution in [-0.4, -0.2) is 18.2 Å². The standard InChI is InChI=1S/C22H17Cl2NO2S/c23-18-7-5-14(11-19(18)24)13-28-10-9-25-22(26)21-12-17-16-4-2-1-3-15(16)6-8-20(17)27-21/h1-8,11-12H,9-10,13H2,(H,25,26). The fourth-order valence-electron chi connectivity index (χ4n) is 3.05. The van der Waals surface area contributed by atoms with E-state index >= 15 is 0 Å². The van der Waals surface area contributed by atoms with E-state index in [0.717, 1.165) is 38.8 Å². The fraction of sp³-hybridized carbons (Fsp3) is 0.136. The Balaban J connectivity index is 1.33. The number of carbonyl (C=O) groups excluding carboxylic acids is 1. The lowest BCUT2D eigenvalue weighted by atomic mass is 10.1. The summed E-state index contributed by atoms with van der Waals surface area (Å²) < 4.78 is 5.74. The predicted octanol–water partition coefficient (Wildman–Crippen LogP) is 6.56. The lowest BCUT2D eigenvalue weighted by Crippen LogP contribution is -2.25. The van der Waals surface area contributed by atoms with Crippen molar-refractivity contribution in [2.45, 2.75) is 5.75 Å². The van der Waals surface area contributed by atoms with Gasteiger partial charge in [-0.1, -0.05) is 59.6 Å². The molecule has 3 aromatic carbocycles. The highest BCUT2D eigenvalue weighted by atomic mass is 35.5. The number of fused-ring (bicyclic) bond motifs is 3. The monoisotopic (exact) mass is 429 g/mol. The lowest BCUT2D eigenvalue weighted by molar-refractivity contribution is 0.0930. The number of hydrogen-bond acceptors (Lipinski definition) is 3. The Morgan fingerprint density at radius 2 is 1.82 bits per heavy atom. The second kappa shape index (κ2) is 8.48. The number of carbonyl (C=O) groups is 1. The molecular weight excluding hydrogens is 413 g/mol. The first-order valence-corrected chi connectivity index (χ1v) is 10.7. The summed E-state index contributed by atoms with van der Waals surface area (Å²) >= 11 is 13.7. The van der Waals surface area contributed by atoms with Crippen molar-refractivity contribution in [1.82, 2.24) is 5.32 Å². The second-order valence-corrected chi connectivity index (χ2v) is 8.29. The molecule has 1 aromatic heterocycles. The summed E-state index contributed by atoms with van der Waals surface area (Å²) in [4.78, 5) is 12.4. The molecule has 0 fully saturated rings. The number of thioether (sulfide) groups is 1. The summed E-state index contributed by atoms with van der Waals surface area (Å²) in [5.74, 6) is 1.73. The summed E-state index contributed by atoms with van der Waals surface area (Å²) in [5, 5.41) is 7.20. The van der Waals surface area contributed by atoms with Crippen LogP contribution < -0.4 is 5.32 Å². The zero-order chi connectivity index (χ0) is 19.5. The van der Waals surface area contributed by atoms with Crippen LogP contribution in [0.1, 0.15) is 16.1 Å². The minimum Gasteiger partial charge on any atom is -0.451 e. The van der Waals surface area contributed by atoms with Crippen molar-refractivity contribution >= 4 is 62.6 Å². The van der Waals surface area contributed by atoms with Gasteiger partial charge in [0.15, 0.2) is 5.76 Å². The fourth-order valence-corrected chi connectivity index (χ4v) is 4.17. The average Bonchev–Trinajstić information content (AvgIpc) is 3.15. The van der Waals surface area contributed by atoms with Gasteiger partial charge in [0.2, 0.25) is 0 Å². The summed E-state index contributed by atoms with van der Waals surface area (Å²) in [5.41, 5.74) is 1.83. The maximum Gasteiger partial charge on any atom is 0.287 e. The van der Waals surface area contributed by atoms with Gasteiger partial charge in [0.05, 0.1) is 10.0 Å². The summed E-state index contributed by atoms with van der Waals surface area (Å²) in [6.07, 6.45) is 0. The zero-order valence-electron chi connectivity index (χ0n) is 14.9. The van der Waals surface area contributed by atoms with Gasteiger partial charge in [0.1, 0.15) is 5.58 Å². The highest BCUT2D eigenvalue weighted by Crippen LogP contribution is 2.28. The van der Waals surface area contributed by atoms with Gasteiger partial charge in [0, 0.05) is 23.4 Å². The van der Waals surface area contributed by atoms with Gasteiger partial charge in [-0.15, -0.1) is 0 Å². The summed E-state index contributed by atoms with van der Waals surface area (Å²) in [6, 6.07) is 19.4. The predicted molar refractivity (Wildman–Crippen MR) is 119 cm³/mol. The van der Waals surface area contributed by atoms with Gasteiger partial charge in [-0.05, 0) is 40.6 Å². The average molecular weight is 430 g/mol. The van der Waals surface area contributed by atoms with Crippen LogP contribution in [0.5, 0.6) is 0 Å². The molecule has 0 unspecified atom stereocenters. The quantitative estimate of drug-likeness (QED) is 0.353. The van der Waals surface area contributed by atoms with Gasteiger partial charge in [0.25, 0.3) is 5.91 Å². The minimum atomic E-state index is -0.199. The maximum atomic E-state index is 12.4. The van der Waals surface area contributed by atoms with Crippen LogP contribution >= 0.6 is 35.0 Å². The Labute approximate surface area is 177 Å². The number of halogens is 2. The van der Waals surface area contributed by atoms with E-state index in [1.807, 2.05) is 54.6 Å². The molecule has 3 nitrogen and oxygen atoms in total. The Bertz CT molecular complexity index is 1160. The number of nitrogens with one attached hydrogen (secondary N) is 1. The van der Waals surface area contributed by atoms with E-state index in [1.165, 1.54) is 0 Å². The number of furan rings is 1. The second-order valence-electron chi connectivity index (χ2n) is 6.37. The topological polar surface area (TPSA) is 42.2 Å². The van der Waals surface area contributed by atoms with Gasteiger partial charge >= 0.3 is 0 Å². The molecule has 1 N–H and O–H groups in total. The van der Waals surface area contributed by atoms with Crippen LogP contribution in [0.25, 0.3) is 21.7 Å². The van der Waals surface area contributed by atoms with Crippen molar-refractivity contribution < 1.29 is 9.21 Å². The molecule has 0 aliphatic carbocycles. The van der Waals surface area contributed by atoms with E-state index in [2.05, 4.69) is 5.32 Å². The molecule has 0 bridgehead atoms. The molecule has 0 spiro atoms. The molecule has 4 aromatic rings. The summed E-state index contributed by atoms with van der Waals surface area (Å²) in [6.45, 7) is 0.558. The molecule has 0 saturated carbocycles. The Morgan fingerprint density at radius 3 is 2.68 bits per heavy atom. The minimum absolute atomic E-state index is 0.199. The molecule has 0 radical (unpaired) electrons. The maximum absolute atomic E-state index is 12.4. The molecule has 4 rings (SSSR count). The van der Waals surface area contributed by atoms with Crippen LogP contribution in [0.2, 0.25) is 10.0 Å². The third-order valence-corrected chi connectivity index (χ3v) is 6.20. The lowest BCUT2D eigenvalue weighted by Gasteiger charge is -2.05. The van der Waals surface area contributed by atoms with Crippen molar-refractivity contribution in [2.24, 2.45) is 0 Å². The van der Waals surface area contributed by atoms with Crippen LogP contribution in [0.3, 0.4) is 0 Å². The molecule has 0 aliphatic heterocycles. The van der Waals surface area contributed by atoms with E-state index in [9.17, 15) is 4.79 Å². The third-order valence-electron chi connectivity index (χ3n) is 4.43. The van der Waals surface area contributed by atoms with E-state index in [1.54, 1.807) is 17.8 Å². The zero-order valence-corrected chi connectivity index (χ0v) is 17.2. The van der Waals surface area contributed by atoms with Crippen LogP contribution in [0, 0.1) is 0 Å². The van der Waals surface area contributed by atoms with Crippen LogP contribution in [-0.2, 0) is 5.75 Å². The normalized spacial score (nSPS) is 11.2. The van der Waals surface area contributed by atoms with Crippen LogP contribution in [0.4, 0.5) is 0 Å². The first kappa shape index (κ1) is 19.2. The molecule has 1 amide bonds. The number of rotatable bonds is 6. The van der Waals surface area contributed by atoms with Gasteiger partial charge in [-0.3, -0.25) is 4.79 Å². The van der Waals surface area contributed by atoms with Crippen molar-refractivity contribution in [3.63, 3.8) is 0 Å². The van der Waals surface area contributed by atoms with Gasteiger partial charge in [-0.2, -0.15) is 11.8 Å². The van der Waals surface area contributed by atoms with Gasteiger partial charge in [-0.25, -0.2) is 0 Å². The first-order chi connectivity index (χ1) is 13.6. The molecule has 1 heterocycles. The molecule has 0 saturated heterocycles. The molecule has 142 valence electrons. The van der Waals surface area contributed by atoms with E-state index in [4.69, 9.17) is 27.6 Å². The highest BCUT2D eigenvalue weighted by Gasteiger charge is 2.13. The smallest absolute Gasteiger partial charge is 0.287 e. The summed E-state index contributed by atoms with van der Waals surface area (Å²) in [7, 11) is 0. The van der Waals surface area contributed by atoms with Crippen molar-refractivity contribution in [3.8, 4) is 0 Å².